The van der Waals surface area contributed by atoms with E-state index in [-0.39, 0.29) is 5.24 Å². The van der Waals surface area contributed by atoms with E-state index in [4.69, 9.17) is 0 Å². The van der Waals surface area contributed by atoms with Gasteiger partial charge in [0, 0.05) is 11.5 Å². The first-order valence-corrected chi connectivity index (χ1v) is 8.51. The minimum atomic E-state index is 0.164. The van der Waals surface area contributed by atoms with Gasteiger partial charge in [0.2, 0.25) is 0 Å². The third-order valence-electron chi connectivity index (χ3n) is 1.74. The molecule has 0 bridgehead atoms. The molecule has 0 aromatic rings. The van der Waals surface area contributed by atoms with Crippen molar-refractivity contribution in [3.8, 4) is 0 Å². The summed E-state index contributed by atoms with van der Waals surface area (Å²) >= 11 is 4.60. The van der Waals surface area contributed by atoms with Crippen molar-refractivity contribution in [1.82, 2.24) is 3.71 Å². The molecule has 0 saturated carbocycles. The Labute approximate surface area is 107 Å². The predicted octanol–water partition coefficient (Wildman–Crippen LogP) is 4.67. The quantitative estimate of drug-likeness (QED) is 0.470. The zero-order valence-corrected chi connectivity index (χ0v) is 12.3. The topological polar surface area (TPSA) is 20.3 Å². The standard InChI is InChI=1S/C10H21NOS3/c1-4-6-8-14-11(10(12)13-3)15-9-7-5-2/h4-9H2,1-3H3. The van der Waals surface area contributed by atoms with E-state index in [0.717, 1.165) is 11.5 Å². The molecule has 0 aromatic carbocycles. The maximum absolute atomic E-state index is 11.5. The van der Waals surface area contributed by atoms with E-state index in [2.05, 4.69) is 13.8 Å². The largest absolute Gasteiger partial charge is 0.301 e. The summed E-state index contributed by atoms with van der Waals surface area (Å²) in [5.74, 6) is 2.09. The first-order valence-electron chi connectivity index (χ1n) is 5.40. The van der Waals surface area contributed by atoms with Crippen LogP contribution in [0.2, 0.25) is 0 Å². The lowest BCUT2D eigenvalue weighted by Crippen LogP contribution is -2.13. The Morgan fingerprint density at radius 2 is 1.53 bits per heavy atom. The van der Waals surface area contributed by atoms with Crippen LogP contribution >= 0.6 is 35.7 Å². The lowest BCUT2D eigenvalue weighted by Gasteiger charge is -2.18. The van der Waals surface area contributed by atoms with Gasteiger partial charge in [0.05, 0.1) is 0 Å². The van der Waals surface area contributed by atoms with Crippen LogP contribution in [0.1, 0.15) is 39.5 Å². The van der Waals surface area contributed by atoms with E-state index in [1.54, 1.807) is 23.9 Å². The van der Waals surface area contributed by atoms with Crippen molar-refractivity contribution in [3.63, 3.8) is 0 Å². The number of hydrogen-bond donors (Lipinski definition) is 0. The van der Waals surface area contributed by atoms with Crippen LogP contribution in [0.4, 0.5) is 4.79 Å². The highest BCUT2D eigenvalue weighted by Crippen LogP contribution is 2.27. The summed E-state index contributed by atoms with van der Waals surface area (Å²) < 4.78 is 1.84. The predicted molar refractivity (Wildman–Crippen MR) is 75.5 cm³/mol. The third kappa shape index (κ3) is 8.34. The maximum Gasteiger partial charge on any atom is 0.301 e. The van der Waals surface area contributed by atoms with Gasteiger partial charge in [-0.25, -0.2) is 3.71 Å². The number of carbonyl (C=O) groups excluding carboxylic acids is 1. The van der Waals surface area contributed by atoms with E-state index in [1.165, 1.54) is 37.4 Å². The molecule has 0 spiro atoms. The molecule has 0 aliphatic carbocycles. The molecule has 0 aromatic heterocycles. The van der Waals surface area contributed by atoms with Gasteiger partial charge in [-0.15, -0.1) is 0 Å². The first-order chi connectivity index (χ1) is 7.26. The molecule has 90 valence electrons. The third-order valence-corrected chi connectivity index (χ3v) is 4.88. The summed E-state index contributed by atoms with van der Waals surface area (Å²) in [6, 6.07) is 0. The Bertz CT molecular complexity index is 157. The zero-order chi connectivity index (χ0) is 11.5. The van der Waals surface area contributed by atoms with Gasteiger partial charge < -0.3 is 0 Å². The Morgan fingerprint density at radius 3 is 1.87 bits per heavy atom. The molecule has 2 nitrogen and oxygen atoms in total. The molecule has 1 amide bonds. The van der Waals surface area contributed by atoms with Crippen molar-refractivity contribution in [2.24, 2.45) is 0 Å². The van der Waals surface area contributed by atoms with Crippen LogP contribution in [0.5, 0.6) is 0 Å². The van der Waals surface area contributed by atoms with Gasteiger partial charge in [-0.2, -0.15) is 0 Å². The summed E-state index contributed by atoms with van der Waals surface area (Å²) in [5, 5.41) is 0.164. The lowest BCUT2D eigenvalue weighted by molar-refractivity contribution is 0.259. The number of unbranched alkanes of at least 4 members (excludes halogenated alkanes) is 2. The van der Waals surface area contributed by atoms with Gasteiger partial charge in [0.1, 0.15) is 0 Å². The molecule has 0 aliphatic rings. The van der Waals surface area contributed by atoms with E-state index in [1.807, 2.05) is 9.97 Å². The highest BCUT2D eigenvalue weighted by atomic mass is 32.2. The molecule has 5 heteroatoms. The Balaban J connectivity index is 3.79. The van der Waals surface area contributed by atoms with E-state index in [9.17, 15) is 4.79 Å². The normalized spacial score (nSPS) is 10.3. The van der Waals surface area contributed by atoms with Crippen LogP contribution in [-0.4, -0.2) is 26.7 Å². The summed E-state index contributed by atoms with van der Waals surface area (Å²) in [5.41, 5.74) is 0. The Hall–Kier alpha value is 0.520. The van der Waals surface area contributed by atoms with Crippen LogP contribution in [0.25, 0.3) is 0 Å². The van der Waals surface area contributed by atoms with Gasteiger partial charge in [-0.05, 0) is 43.0 Å². The minimum Gasteiger partial charge on any atom is -0.260 e. The molecule has 0 saturated heterocycles. The second-order valence-electron chi connectivity index (χ2n) is 3.10. The smallest absolute Gasteiger partial charge is 0.260 e. The summed E-state index contributed by atoms with van der Waals surface area (Å²) in [7, 11) is 0. The van der Waals surface area contributed by atoms with Crippen LogP contribution in [0, 0.1) is 0 Å². The molecular formula is C10H21NOS3. The van der Waals surface area contributed by atoms with E-state index in [0.29, 0.717) is 0 Å². The van der Waals surface area contributed by atoms with Crippen LogP contribution in [-0.2, 0) is 0 Å². The fourth-order valence-corrected chi connectivity index (χ4v) is 3.84. The van der Waals surface area contributed by atoms with E-state index >= 15 is 0 Å². The number of carbonyl (C=O) groups is 1. The number of rotatable bonds is 8. The number of hydrogen-bond acceptors (Lipinski definition) is 4. The number of amides is 1. The van der Waals surface area contributed by atoms with Crippen molar-refractivity contribution < 1.29 is 4.79 Å². The molecule has 15 heavy (non-hydrogen) atoms. The molecule has 0 fully saturated rings. The average Bonchev–Trinajstić information content (AvgIpc) is 2.26. The fraction of sp³-hybridized carbons (Fsp3) is 0.900. The van der Waals surface area contributed by atoms with Gasteiger partial charge >= 0.3 is 5.24 Å². The highest BCUT2D eigenvalue weighted by Gasteiger charge is 2.13. The van der Waals surface area contributed by atoms with Crippen LogP contribution in [0.3, 0.4) is 0 Å². The second kappa shape index (κ2) is 11.0. The average molecular weight is 267 g/mol. The van der Waals surface area contributed by atoms with Gasteiger partial charge in [0.25, 0.3) is 0 Å². The molecule has 0 heterocycles. The lowest BCUT2D eigenvalue weighted by atomic mass is 10.4. The van der Waals surface area contributed by atoms with E-state index < -0.39 is 0 Å². The minimum absolute atomic E-state index is 0.164. The van der Waals surface area contributed by atoms with Crippen molar-refractivity contribution in [1.29, 1.82) is 0 Å². The molecule has 0 rings (SSSR count). The summed E-state index contributed by atoms with van der Waals surface area (Å²) in [6.07, 6.45) is 6.58. The molecule has 0 aliphatic heterocycles. The first kappa shape index (κ1) is 15.5. The van der Waals surface area contributed by atoms with Crippen molar-refractivity contribution in [2.45, 2.75) is 39.5 Å². The van der Waals surface area contributed by atoms with Gasteiger partial charge in [-0.3, -0.25) is 4.79 Å². The van der Waals surface area contributed by atoms with Gasteiger partial charge in [-0.1, -0.05) is 38.5 Å². The Kier molecular flexibility index (Phi) is 11.4. The van der Waals surface area contributed by atoms with Crippen LogP contribution < -0.4 is 0 Å². The summed E-state index contributed by atoms with van der Waals surface area (Å²) in [4.78, 5) is 11.5. The highest BCUT2D eigenvalue weighted by molar-refractivity contribution is 8.19. The zero-order valence-electron chi connectivity index (χ0n) is 9.82. The van der Waals surface area contributed by atoms with Crippen LogP contribution in [0.15, 0.2) is 0 Å². The maximum atomic E-state index is 11.5. The SMILES string of the molecule is CCCCSN(SCCCC)C(=O)SC. The van der Waals surface area contributed by atoms with Crippen molar-refractivity contribution in [3.05, 3.63) is 0 Å². The van der Waals surface area contributed by atoms with Crippen molar-refractivity contribution in [2.75, 3.05) is 17.8 Å². The molecule has 0 atom stereocenters. The molecule has 0 N–H and O–H groups in total. The summed E-state index contributed by atoms with van der Waals surface area (Å²) in [6.45, 7) is 4.34. The monoisotopic (exact) mass is 267 g/mol. The fourth-order valence-electron chi connectivity index (χ4n) is 0.801. The second-order valence-corrected chi connectivity index (χ2v) is 6.15. The number of nitrogens with zero attached hydrogens (tertiary/aromatic N) is 1. The van der Waals surface area contributed by atoms with Crippen molar-refractivity contribution >= 4 is 40.9 Å². The molecule has 0 unspecified atom stereocenters. The number of thioether (sulfide) groups is 1. The van der Waals surface area contributed by atoms with Gasteiger partial charge in [0.15, 0.2) is 0 Å². The Morgan fingerprint density at radius 1 is 1.07 bits per heavy atom. The molecule has 0 radical (unpaired) electrons. The molecular weight excluding hydrogens is 246 g/mol.